The molecule has 1 fully saturated rings. The van der Waals surface area contributed by atoms with Crippen LogP contribution in [0.4, 0.5) is 0 Å². The predicted molar refractivity (Wildman–Crippen MR) is 526 cm³/mol. The first kappa shape index (κ1) is 112. The van der Waals surface area contributed by atoms with E-state index in [9.17, 15) is 0 Å². The number of aromatic nitrogens is 6. The van der Waals surface area contributed by atoms with Gasteiger partial charge in [-0.1, -0.05) is 43.6 Å². The van der Waals surface area contributed by atoms with Gasteiger partial charge in [0.15, 0.2) is 6.54 Å². The molecule has 0 spiro atoms. The molecule has 15 N–H and O–H groups in total. The molecule has 1 atom stereocenters. The number of amidine groups is 1. The summed E-state index contributed by atoms with van der Waals surface area (Å²) in [6.07, 6.45) is 18.2. The lowest BCUT2D eigenvalue weighted by Crippen LogP contribution is -2.47. The highest BCUT2D eigenvalue weighted by Gasteiger charge is 2.13. The predicted octanol–water partition coefficient (Wildman–Crippen LogP) is 14.7. The van der Waals surface area contributed by atoms with Crippen LogP contribution in [0, 0.1) is 55.4 Å². The van der Waals surface area contributed by atoms with Gasteiger partial charge in [-0.25, -0.2) is 15.4 Å². The van der Waals surface area contributed by atoms with Crippen LogP contribution >= 0.6 is 11.5 Å². The Balaban J connectivity index is 0.000000656. The minimum atomic E-state index is 0.726. The smallest absolute Gasteiger partial charge is 0.289 e. The molecule has 690 valence electrons. The molecule has 123 heavy (non-hydrogen) atoms. The molecule has 0 amide bonds. The number of hydrogen-bond donors (Lipinski definition) is 15. The van der Waals surface area contributed by atoms with E-state index < -0.39 is 0 Å². The highest BCUT2D eigenvalue weighted by atomic mass is 32.1. The highest BCUT2D eigenvalue weighted by molar-refractivity contribution is 7.03. The molecule has 1 unspecified atom stereocenters. The molecular weight excluding hydrogens is 1550 g/mol. The number of nitrogens with zero attached hydrogens (tertiary/aromatic N) is 11. The Morgan fingerprint density at radius 2 is 0.846 bits per heavy atom. The monoisotopic (exact) mass is 1720 g/mol. The summed E-state index contributed by atoms with van der Waals surface area (Å²) < 4.78 is 10.7. The molecule has 0 radical (unpaired) electrons. The molecule has 0 bridgehead atoms. The van der Waals surface area contributed by atoms with Crippen LogP contribution < -0.4 is 80.2 Å². The standard InChI is InChI=1S/4C7H13N.2C6H12N2.2C6H10N2.C6H14N2.2C6H8N2.C5H9N2.2C5H10N2.C5H7NO.C5H7NS/c2*1-6-3-4-8-5-7(6)2;2*1-6-4-3-5-8-7(6)2;4*1-5-3-7-4-8-6(5)2;1-6-5-7-3-4-8(6)2;2*1-5-3-4-7-8-6(5)2;1-5-6-3-4-7(5)2;2*1-4-3-6-7-5(4)2;2*1-4-3-7-6-5(4)2/h4*8H,3-5H2,1-2H3;2*7-8H,3-4H2,1-2H3;2*4H,3H2,1-2H3,(H,7,8);6-7H,3-5H2,1-2H3;2*3-4H,1-2H3;4H,3H2,1-2H3;2*6-7H,3H2,1-2H3;2*3H,1-2H3/q;;;;;;;;;;;+1;;;;. The number of hydrogen-bond acceptors (Lipinski definition) is 27. The number of piperazine rings is 1. The molecule has 4 aromatic rings. The van der Waals surface area contributed by atoms with E-state index in [2.05, 4.69) is 305 Å². The van der Waals surface area contributed by atoms with Gasteiger partial charge in [0.25, 0.3) is 5.84 Å². The fourth-order valence-electron chi connectivity index (χ4n) is 10.6. The Labute approximate surface area is 749 Å². The van der Waals surface area contributed by atoms with E-state index in [1.165, 1.54) is 201 Å². The third kappa shape index (κ3) is 53.2. The lowest BCUT2D eigenvalue weighted by molar-refractivity contribution is -0.362. The second kappa shape index (κ2) is 66.6. The Bertz CT molecular complexity index is 3510. The number of likely N-dealkylation sites (N-methyl/N-ethyl adjacent to an activating group) is 1. The maximum absolute atomic E-state index is 4.59. The quantitative estimate of drug-likeness (QED) is 0.0575. The molecular formula is C95H169N26OS+. The summed E-state index contributed by atoms with van der Waals surface area (Å²) in [4.78, 5) is 14.5. The van der Waals surface area contributed by atoms with Crippen LogP contribution in [0.3, 0.4) is 0 Å². The maximum atomic E-state index is 4.59. The van der Waals surface area contributed by atoms with E-state index in [0.717, 1.165) is 126 Å². The summed E-state index contributed by atoms with van der Waals surface area (Å²) >= 11 is 1.52. The van der Waals surface area contributed by atoms with E-state index in [-0.39, 0.29) is 0 Å². The molecule has 16 rings (SSSR count). The van der Waals surface area contributed by atoms with Crippen molar-refractivity contribution in [3.8, 4) is 0 Å². The van der Waals surface area contributed by atoms with Gasteiger partial charge in [0, 0.05) is 154 Å². The summed E-state index contributed by atoms with van der Waals surface area (Å²) in [5, 5.41) is 56.1. The largest absolute Gasteiger partial charge is 0.389 e. The first-order valence-corrected chi connectivity index (χ1v) is 44.8. The van der Waals surface area contributed by atoms with Gasteiger partial charge in [-0.3, -0.25) is 20.6 Å². The summed E-state index contributed by atoms with van der Waals surface area (Å²) in [6.45, 7) is 81.6. The molecule has 12 aliphatic rings. The van der Waals surface area contributed by atoms with Crippen LogP contribution in [-0.2, 0) is 0 Å². The van der Waals surface area contributed by atoms with Crippen molar-refractivity contribution in [1.82, 2.24) is 115 Å². The Hall–Kier alpha value is -8.84. The number of allylic oxidation sites excluding steroid dienone is 10. The second-order valence-electron chi connectivity index (χ2n) is 33.0. The molecule has 4 aromatic heterocycles. The van der Waals surface area contributed by atoms with Gasteiger partial charge in [0.1, 0.15) is 12.5 Å². The van der Waals surface area contributed by atoms with Crippen LogP contribution in [0.5, 0.6) is 0 Å². The number of rotatable bonds is 0. The molecule has 0 aromatic carbocycles. The van der Waals surface area contributed by atoms with Crippen molar-refractivity contribution >= 4 is 36.3 Å². The number of aryl methyl sites for hydroxylation is 8. The Morgan fingerprint density at radius 1 is 0.415 bits per heavy atom. The lowest BCUT2D eigenvalue weighted by Gasteiger charge is -2.29. The number of aliphatic imine (C=N–C) groups is 3. The van der Waals surface area contributed by atoms with Crippen molar-refractivity contribution in [2.45, 2.75) is 252 Å². The van der Waals surface area contributed by atoms with Gasteiger partial charge >= 0.3 is 0 Å². The minimum Gasteiger partial charge on any atom is -0.389 e. The van der Waals surface area contributed by atoms with Crippen molar-refractivity contribution in [3.63, 3.8) is 0 Å². The zero-order valence-corrected chi connectivity index (χ0v) is 83.3. The molecule has 0 saturated carbocycles. The van der Waals surface area contributed by atoms with Crippen LogP contribution in [0.25, 0.3) is 0 Å². The van der Waals surface area contributed by atoms with E-state index in [4.69, 9.17) is 0 Å². The van der Waals surface area contributed by atoms with Crippen LogP contribution in [0.1, 0.15) is 236 Å². The van der Waals surface area contributed by atoms with E-state index >= 15 is 0 Å². The molecule has 16 heterocycles. The maximum Gasteiger partial charge on any atom is 0.289 e. The van der Waals surface area contributed by atoms with Crippen LogP contribution in [-0.4, -0.2) is 202 Å². The molecule has 27 nitrogen and oxygen atoms in total. The summed E-state index contributed by atoms with van der Waals surface area (Å²) in [5.74, 6) is 1.11. The topological polar surface area (TPSA) is 314 Å². The van der Waals surface area contributed by atoms with Gasteiger partial charge in [-0.2, -0.15) is 24.8 Å². The van der Waals surface area contributed by atoms with Gasteiger partial charge in [0.05, 0.1) is 68.9 Å². The normalized spacial score (nSPS) is 18.5. The molecule has 0 aliphatic carbocycles. The Kier molecular flexibility index (Phi) is 60.8. The number of nitrogens with one attached hydrogen (secondary N) is 15. The SMILES string of the molecule is CC1=C(C)CNCC1.CC1=C(C)CNCC1.CC1=C(C)NC=NC1.CC1=C(C)NC=NC1.CC1=C(C)NCCC1.CC1=C(C)NCCC1.CC1=C(C)NCNC1.CC1=C(C)NCNC1.CC1=C(C)NNC1.CC1=C(C)NNC1.CC1=NCC=[N+]1C.CC1CNCCN1C.Cc1ccnnc1C.Cc1ccnnc1C.Cc1conc1C.Cc1csnc1C. The van der Waals surface area contributed by atoms with Crippen molar-refractivity contribution in [2.24, 2.45) is 15.0 Å². The molecule has 1 saturated heterocycles. The fourth-order valence-corrected chi connectivity index (χ4v) is 11.2. The fraction of sp³-hybridized carbons (Fsp3) is 0.600. The summed E-state index contributed by atoms with van der Waals surface area (Å²) in [5.41, 5.74) is 48.9. The van der Waals surface area contributed by atoms with Crippen molar-refractivity contribution in [2.75, 3.05) is 132 Å². The van der Waals surface area contributed by atoms with Gasteiger partial charge < -0.3 is 68.1 Å². The average molecular weight is 1720 g/mol. The average Bonchev–Trinajstić information content (AvgIpc) is 1.80. The minimum absolute atomic E-state index is 0.726. The van der Waals surface area contributed by atoms with Gasteiger partial charge in [-0.15, -0.1) is 0 Å². The highest BCUT2D eigenvalue weighted by Crippen LogP contribution is 2.15. The first-order chi connectivity index (χ1) is 58.4. The van der Waals surface area contributed by atoms with Gasteiger partial charge in [0.2, 0.25) is 0 Å². The van der Waals surface area contributed by atoms with Crippen LogP contribution in [0.15, 0.2) is 168 Å². The zero-order valence-electron chi connectivity index (χ0n) is 82.5. The lowest BCUT2D eigenvalue weighted by atomic mass is 10.1. The van der Waals surface area contributed by atoms with Gasteiger partial charge in [-0.05, 0) is 333 Å². The van der Waals surface area contributed by atoms with Crippen molar-refractivity contribution in [3.05, 3.63) is 194 Å². The van der Waals surface area contributed by atoms with E-state index in [1.54, 1.807) is 42.5 Å². The third-order valence-electron chi connectivity index (χ3n) is 22.7. The summed E-state index contributed by atoms with van der Waals surface area (Å²) in [7, 11) is 4.18. The zero-order chi connectivity index (χ0) is 92.2. The van der Waals surface area contributed by atoms with Crippen LogP contribution in [0.2, 0.25) is 0 Å². The number of hydrazine groups is 2. The first-order valence-electron chi connectivity index (χ1n) is 44.0. The molecule has 28 heteroatoms. The third-order valence-corrected chi connectivity index (χ3v) is 23.5. The van der Waals surface area contributed by atoms with E-state index in [1.807, 2.05) is 79.1 Å². The van der Waals surface area contributed by atoms with Crippen molar-refractivity contribution in [1.29, 1.82) is 0 Å². The van der Waals surface area contributed by atoms with Crippen molar-refractivity contribution < 1.29 is 9.10 Å². The Morgan fingerprint density at radius 3 is 1.02 bits per heavy atom. The molecule has 12 aliphatic heterocycles. The summed E-state index contributed by atoms with van der Waals surface area (Å²) in [6, 6.07) is 4.62. The second-order valence-corrected chi connectivity index (χ2v) is 33.6. The van der Waals surface area contributed by atoms with E-state index in [0.29, 0.717) is 0 Å².